The van der Waals surface area contributed by atoms with Gasteiger partial charge in [-0.05, 0) is 23.0 Å². The number of benzene rings is 1. The molecule has 0 aliphatic carbocycles. The van der Waals surface area contributed by atoms with Crippen LogP contribution in [0.5, 0.6) is 0 Å². The highest BCUT2D eigenvalue weighted by Crippen LogP contribution is 2.25. The second kappa shape index (κ2) is 7.32. The minimum atomic E-state index is -0.262. The van der Waals surface area contributed by atoms with E-state index in [2.05, 4.69) is 50.1 Å². The van der Waals surface area contributed by atoms with Crippen LogP contribution in [-0.2, 0) is 25.8 Å². The van der Waals surface area contributed by atoms with Gasteiger partial charge in [-0.3, -0.25) is 4.79 Å². The summed E-state index contributed by atoms with van der Waals surface area (Å²) in [6, 6.07) is 8.58. The summed E-state index contributed by atoms with van der Waals surface area (Å²) >= 11 is 1.53. The third kappa shape index (κ3) is 4.94. The second-order valence-electron chi connectivity index (χ2n) is 6.92. The molecule has 1 heterocycles. The first-order valence-corrected chi connectivity index (χ1v) is 8.65. The number of aliphatic hydroxyl groups is 1. The fraction of sp³-hybridized carbons (Fsp3) is 0.444. The lowest BCUT2D eigenvalue weighted by molar-refractivity contribution is 0.275. The van der Waals surface area contributed by atoms with E-state index in [0.29, 0.717) is 5.56 Å². The highest BCUT2D eigenvalue weighted by molar-refractivity contribution is 7.98. The molecule has 124 valence electrons. The Hall–Kier alpha value is -1.59. The Morgan fingerprint density at radius 3 is 2.35 bits per heavy atom. The Kier molecular flexibility index (Phi) is 5.65. The fourth-order valence-corrected chi connectivity index (χ4v) is 3.33. The van der Waals surface area contributed by atoms with Crippen molar-refractivity contribution in [2.24, 2.45) is 12.5 Å². The van der Waals surface area contributed by atoms with Crippen molar-refractivity contribution in [1.29, 1.82) is 0 Å². The van der Waals surface area contributed by atoms with Gasteiger partial charge >= 0.3 is 0 Å². The lowest BCUT2D eigenvalue weighted by Gasteiger charge is -2.18. The maximum Gasteiger partial charge on any atom is 0.273 e. The zero-order valence-corrected chi connectivity index (χ0v) is 15.0. The minimum absolute atomic E-state index is 0.238. The minimum Gasteiger partial charge on any atom is -0.391 e. The first kappa shape index (κ1) is 17.8. The van der Waals surface area contributed by atoms with Crippen LogP contribution in [0.15, 0.2) is 40.2 Å². The molecule has 0 amide bonds. The highest BCUT2D eigenvalue weighted by Gasteiger charge is 2.12. The maximum atomic E-state index is 11.9. The summed E-state index contributed by atoms with van der Waals surface area (Å²) in [5, 5.41) is 13.4. The van der Waals surface area contributed by atoms with Gasteiger partial charge in [0.1, 0.15) is 0 Å². The second-order valence-corrected chi connectivity index (χ2v) is 7.93. The number of hydrogen-bond acceptors (Lipinski definition) is 4. The Labute approximate surface area is 141 Å². The molecule has 0 unspecified atom stereocenters. The van der Waals surface area contributed by atoms with Crippen LogP contribution in [0, 0.1) is 5.41 Å². The molecule has 0 saturated carbocycles. The largest absolute Gasteiger partial charge is 0.391 e. The molecule has 0 bridgehead atoms. The van der Waals surface area contributed by atoms with E-state index in [9.17, 15) is 9.90 Å². The van der Waals surface area contributed by atoms with Crippen LogP contribution in [0.2, 0.25) is 0 Å². The van der Waals surface area contributed by atoms with Crippen molar-refractivity contribution in [3.8, 4) is 0 Å². The number of aliphatic hydroxyl groups excluding tert-OH is 1. The summed E-state index contributed by atoms with van der Waals surface area (Å²) in [6.45, 7) is 6.43. The molecule has 5 heteroatoms. The normalized spacial score (nSPS) is 11.7. The molecule has 0 aliphatic rings. The van der Waals surface area contributed by atoms with Gasteiger partial charge in [-0.2, -0.15) is 5.10 Å². The number of nitrogens with zero attached hydrogens (tertiary/aromatic N) is 2. The molecular formula is C18H24N2O2S. The van der Waals surface area contributed by atoms with E-state index in [1.807, 2.05) is 0 Å². The quantitative estimate of drug-likeness (QED) is 0.855. The SMILES string of the molecule is Cn1ncc(SCc2ccc(CC(C)(C)C)cc2)c(CO)c1=O. The first-order chi connectivity index (χ1) is 10.8. The van der Waals surface area contributed by atoms with Gasteiger partial charge in [-0.15, -0.1) is 11.8 Å². The molecule has 23 heavy (non-hydrogen) atoms. The van der Waals surface area contributed by atoms with Crippen molar-refractivity contribution in [3.05, 3.63) is 57.5 Å². The van der Waals surface area contributed by atoms with E-state index in [0.717, 1.165) is 17.1 Å². The van der Waals surface area contributed by atoms with Crippen LogP contribution >= 0.6 is 11.8 Å². The molecule has 2 rings (SSSR count). The molecule has 0 radical (unpaired) electrons. The van der Waals surface area contributed by atoms with Gasteiger partial charge in [-0.1, -0.05) is 45.0 Å². The van der Waals surface area contributed by atoms with Gasteiger partial charge in [-0.25, -0.2) is 4.68 Å². The Morgan fingerprint density at radius 1 is 1.17 bits per heavy atom. The summed E-state index contributed by atoms with van der Waals surface area (Å²) in [7, 11) is 1.59. The van der Waals surface area contributed by atoms with Crippen molar-refractivity contribution in [2.45, 2.75) is 44.4 Å². The average Bonchev–Trinajstić information content (AvgIpc) is 2.48. The smallest absolute Gasteiger partial charge is 0.273 e. The van der Waals surface area contributed by atoms with E-state index < -0.39 is 0 Å². The van der Waals surface area contributed by atoms with E-state index in [-0.39, 0.29) is 17.6 Å². The predicted molar refractivity (Wildman–Crippen MR) is 94.6 cm³/mol. The average molecular weight is 332 g/mol. The summed E-state index contributed by atoms with van der Waals surface area (Å²) < 4.78 is 1.25. The predicted octanol–water partition coefficient (Wildman–Crippen LogP) is 3.15. The van der Waals surface area contributed by atoms with Crippen LogP contribution in [0.3, 0.4) is 0 Å². The molecule has 0 saturated heterocycles. The Balaban J connectivity index is 2.07. The summed E-state index contributed by atoms with van der Waals surface area (Å²) in [5.74, 6) is 0.748. The van der Waals surface area contributed by atoms with Crippen LogP contribution in [-0.4, -0.2) is 14.9 Å². The van der Waals surface area contributed by atoms with Gasteiger partial charge in [0, 0.05) is 17.7 Å². The summed E-state index contributed by atoms with van der Waals surface area (Å²) in [6.07, 6.45) is 2.69. The van der Waals surface area contributed by atoms with Gasteiger partial charge < -0.3 is 5.11 Å². The van der Waals surface area contributed by atoms with Crippen molar-refractivity contribution < 1.29 is 5.11 Å². The number of thioether (sulfide) groups is 1. The van der Waals surface area contributed by atoms with Gasteiger partial charge in [0.25, 0.3) is 5.56 Å². The number of rotatable bonds is 5. The molecule has 0 atom stereocenters. The molecule has 0 aliphatic heterocycles. The molecular weight excluding hydrogens is 308 g/mol. The summed E-state index contributed by atoms with van der Waals surface area (Å²) in [4.78, 5) is 12.7. The number of aryl methyl sites for hydroxylation is 1. The van der Waals surface area contributed by atoms with E-state index >= 15 is 0 Å². The van der Waals surface area contributed by atoms with Crippen molar-refractivity contribution >= 4 is 11.8 Å². The first-order valence-electron chi connectivity index (χ1n) is 7.67. The van der Waals surface area contributed by atoms with E-state index in [4.69, 9.17) is 0 Å². The monoisotopic (exact) mass is 332 g/mol. The van der Waals surface area contributed by atoms with Crippen LogP contribution < -0.4 is 5.56 Å². The lowest BCUT2D eigenvalue weighted by Crippen LogP contribution is -2.24. The molecule has 1 aromatic heterocycles. The van der Waals surface area contributed by atoms with Gasteiger partial charge in [0.15, 0.2) is 0 Å². The molecule has 2 aromatic rings. The maximum absolute atomic E-state index is 11.9. The standard InChI is InChI=1S/C18H24N2O2S/c1-18(2,3)9-13-5-7-14(8-6-13)12-23-16-10-19-20(4)17(22)15(16)11-21/h5-8,10,21H,9,11-12H2,1-4H3. The highest BCUT2D eigenvalue weighted by atomic mass is 32.2. The number of aromatic nitrogens is 2. The fourth-order valence-electron chi connectivity index (χ4n) is 2.37. The zero-order valence-electron chi connectivity index (χ0n) is 14.2. The van der Waals surface area contributed by atoms with Gasteiger partial charge in [0.2, 0.25) is 0 Å². The lowest BCUT2D eigenvalue weighted by atomic mass is 9.88. The Bertz CT molecular complexity index is 715. The van der Waals surface area contributed by atoms with Crippen molar-refractivity contribution in [2.75, 3.05) is 0 Å². The van der Waals surface area contributed by atoms with Crippen molar-refractivity contribution in [3.63, 3.8) is 0 Å². The molecule has 4 nitrogen and oxygen atoms in total. The summed E-state index contributed by atoms with van der Waals surface area (Å²) in [5.41, 5.74) is 2.98. The molecule has 1 aromatic carbocycles. The molecule has 0 spiro atoms. The molecule has 1 N–H and O–H groups in total. The Morgan fingerprint density at radius 2 is 1.78 bits per heavy atom. The molecule has 0 fully saturated rings. The topological polar surface area (TPSA) is 55.1 Å². The van der Waals surface area contributed by atoms with E-state index in [1.165, 1.54) is 27.6 Å². The zero-order chi connectivity index (χ0) is 17.0. The third-order valence-electron chi connectivity index (χ3n) is 3.51. The van der Waals surface area contributed by atoms with E-state index in [1.54, 1.807) is 13.2 Å². The van der Waals surface area contributed by atoms with Crippen molar-refractivity contribution in [1.82, 2.24) is 9.78 Å². The van der Waals surface area contributed by atoms with Crippen LogP contribution in [0.1, 0.15) is 37.5 Å². The third-order valence-corrected chi connectivity index (χ3v) is 4.65. The van der Waals surface area contributed by atoms with Crippen LogP contribution in [0.25, 0.3) is 0 Å². The van der Waals surface area contributed by atoms with Gasteiger partial charge in [0.05, 0.1) is 18.4 Å². The number of hydrogen-bond donors (Lipinski definition) is 1. The van der Waals surface area contributed by atoms with Crippen LogP contribution in [0.4, 0.5) is 0 Å².